The van der Waals surface area contributed by atoms with Gasteiger partial charge in [-0.15, -0.1) is 0 Å². The number of carbonyl (C=O) groups is 1. The number of hydrogen-bond donors (Lipinski definition) is 3. The van der Waals surface area contributed by atoms with Crippen molar-refractivity contribution in [2.24, 2.45) is 0 Å². The van der Waals surface area contributed by atoms with Gasteiger partial charge in [0.1, 0.15) is 5.75 Å². The summed E-state index contributed by atoms with van der Waals surface area (Å²) in [6.07, 6.45) is 0.517. The number of hydrogen-bond acceptors (Lipinski definition) is 4. The Morgan fingerprint density at radius 2 is 2.11 bits per heavy atom. The van der Waals surface area contributed by atoms with Gasteiger partial charge in [-0.05, 0) is 38.5 Å². The van der Waals surface area contributed by atoms with Crippen molar-refractivity contribution in [3.8, 4) is 5.75 Å². The van der Waals surface area contributed by atoms with Crippen LogP contribution in [0.15, 0.2) is 18.2 Å². The van der Waals surface area contributed by atoms with Crippen LogP contribution < -0.4 is 5.73 Å². The third kappa shape index (κ3) is 3.37. The maximum atomic E-state index is 12.3. The Bertz CT molecular complexity index is 419. The van der Waals surface area contributed by atoms with Gasteiger partial charge < -0.3 is 20.8 Å². The summed E-state index contributed by atoms with van der Waals surface area (Å²) in [4.78, 5) is 13.9. The topological polar surface area (TPSA) is 86.8 Å². The van der Waals surface area contributed by atoms with Crippen LogP contribution in [-0.2, 0) is 0 Å². The maximum Gasteiger partial charge on any atom is 0.256 e. The molecule has 1 aromatic rings. The monoisotopic (exact) mass is 252 g/mol. The van der Waals surface area contributed by atoms with E-state index in [1.54, 1.807) is 4.90 Å². The molecule has 0 aliphatic rings. The van der Waals surface area contributed by atoms with Crippen LogP contribution in [0.25, 0.3) is 0 Å². The molecule has 0 saturated heterocycles. The van der Waals surface area contributed by atoms with E-state index in [1.165, 1.54) is 18.2 Å². The number of rotatable bonds is 5. The average Bonchev–Trinajstić information content (AvgIpc) is 2.32. The average molecular weight is 252 g/mol. The minimum Gasteiger partial charge on any atom is -0.508 e. The van der Waals surface area contributed by atoms with Crippen LogP contribution in [0.4, 0.5) is 5.69 Å². The van der Waals surface area contributed by atoms with Crippen molar-refractivity contribution in [3.63, 3.8) is 0 Å². The molecule has 0 aliphatic carbocycles. The lowest BCUT2D eigenvalue weighted by Gasteiger charge is -2.27. The minimum absolute atomic E-state index is 0.00537. The highest BCUT2D eigenvalue weighted by Crippen LogP contribution is 2.21. The van der Waals surface area contributed by atoms with Gasteiger partial charge in [-0.3, -0.25) is 4.79 Å². The number of aliphatic hydroxyl groups excluding tert-OH is 1. The largest absolute Gasteiger partial charge is 0.508 e. The summed E-state index contributed by atoms with van der Waals surface area (Å²) < 4.78 is 0. The molecule has 1 aromatic carbocycles. The molecule has 0 fully saturated rings. The first-order valence-corrected chi connectivity index (χ1v) is 5.97. The SMILES string of the molecule is CC(C)N(CCCO)C(=O)c1cc(O)ccc1N. The second-order valence-corrected chi connectivity index (χ2v) is 4.44. The van der Waals surface area contributed by atoms with E-state index in [0.29, 0.717) is 24.2 Å². The Morgan fingerprint density at radius 3 is 2.67 bits per heavy atom. The van der Waals surface area contributed by atoms with E-state index < -0.39 is 0 Å². The first kappa shape index (κ1) is 14.3. The quantitative estimate of drug-likeness (QED) is 0.543. The van der Waals surface area contributed by atoms with E-state index in [4.69, 9.17) is 10.8 Å². The molecular weight excluding hydrogens is 232 g/mol. The molecule has 18 heavy (non-hydrogen) atoms. The molecule has 0 radical (unpaired) electrons. The van der Waals surface area contributed by atoms with Gasteiger partial charge in [0.2, 0.25) is 0 Å². The van der Waals surface area contributed by atoms with Crippen LogP contribution in [0.1, 0.15) is 30.6 Å². The van der Waals surface area contributed by atoms with Gasteiger partial charge in [-0.2, -0.15) is 0 Å². The Kier molecular flexibility index (Phi) is 4.97. The number of carbonyl (C=O) groups excluding carboxylic acids is 1. The zero-order valence-corrected chi connectivity index (χ0v) is 10.8. The van der Waals surface area contributed by atoms with Crippen molar-refractivity contribution in [3.05, 3.63) is 23.8 Å². The van der Waals surface area contributed by atoms with Gasteiger partial charge in [-0.1, -0.05) is 0 Å². The van der Waals surface area contributed by atoms with Crippen molar-refractivity contribution in [2.45, 2.75) is 26.3 Å². The standard InChI is InChI=1S/C13H20N2O3/c1-9(2)15(6-3-7-16)13(18)11-8-10(17)4-5-12(11)14/h4-5,8-9,16-17H,3,6-7,14H2,1-2H3. The lowest BCUT2D eigenvalue weighted by molar-refractivity contribution is 0.0694. The summed E-state index contributed by atoms with van der Waals surface area (Å²) in [5.41, 5.74) is 6.38. The number of aliphatic hydroxyl groups is 1. The fourth-order valence-corrected chi connectivity index (χ4v) is 1.72. The minimum atomic E-state index is -0.230. The van der Waals surface area contributed by atoms with E-state index in [0.717, 1.165) is 0 Å². The van der Waals surface area contributed by atoms with Gasteiger partial charge >= 0.3 is 0 Å². The molecule has 0 spiro atoms. The van der Waals surface area contributed by atoms with Crippen molar-refractivity contribution < 1.29 is 15.0 Å². The molecule has 100 valence electrons. The second kappa shape index (κ2) is 6.26. The zero-order valence-electron chi connectivity index (χ0n) is 10.8. The highest BCUT2D eigenvalue weighted by Gasteiger charge is 2.20. The molecule has 0 unspecified atom stereocenters. The third-order valence-corrected chi connectivity index (χ3v) is 2.71. The van der Waals surface area contributed by atoms with E-state index >= 15 is 0 Å². The summed E-state index contributed by atoms with van der Waals surface area (Å²) in [7, 11) is 0. The number of phenolic OH excluding ortho intramolecular Hbond substituents is 1. The molecule has 1 amide bonds. The van der Waals surface area contributed by atoms with Crippen LogP contribution >= 0.6 is 0 Å². The van der Waals surface area contributed by atoms with Crippen LogP contribution in [0.5, 0.6) is 5.75 Å². The molecule has 0 saturated carbocycles. The van der Waals surface area contributed by atoms with Crippen LogP contribution in [0.2, 0.25) is 0 Å². The van der Waals surface area contributed by atoms with E-state index in [2.05, 4.69) is 0 Å². The zero-order chi connectivity index (χ0) is 13.7. The number of aromatic hydroxyl groups is 1. The summed E-state index contributed by atoms with van der Waals surface area (Å²) in [6.45, 7) is 4.29. The Labute approximate surface area is 107 Å². The predicted octanol–water partition coefficient (Wildman–Crippen LogP) is 1.21. The number of anilines is 1. The lowest BCUT2D eigenvalue weighted by atomic mass is 10.1. The second-order valence-electron chi connectivity index (χ2n) is 4.44. The molecule has 0 aliphatic heterocycles. The molecule has 0 aromatic heterocycles. The normalized spacial score (nSPS) is 10.7. The maximum absolute atomic E-state index is 12.3. The third-order valence-electron chi connectivity index (χ3n) is 2.71. The Balaban J connectivity index is 2.98. The van der Waals surface area contributed by atoms with E-state index in [9.17, 15) is 9.90 Å². The smallest absolute Gasteiger partial charge is 0.256 e. The summed E-state index contributed by atoms with van der Waals surface area (Å²) in [5.74, 6) is -0.217. The van der Waals surface area contributed by atoms with Gasteiger partial charge in [0.25, 0.3) is 5.91 Å². The summed E-state index contributed by atoms with van der Waals surface area (Å²) >= 11 is 0. The molecule has 1 rings (SSSR count). The lowest BCUT2D eigenvalue weighted by Crippen LogP contribution is -2.38. The Morgan fingerprint density at radius 1 is 1.44 bits per heavy atom. The van der Waals surface area contributed by atoms with Crippen LogP contribution in [0, 0.1) is 0 Å². The molecule has 0 atom stereocenters. The van der Waals surface area contributed by atoms with Crippen molar-refractivity contribution in [1.29, 1.82) is 0 Å². The Hall–Kier alpha value is -1.75. The van der Waals surface area contributed by atoms with Gasteiger partial charge in [-0.25, -0.2) is 0 Å². The number of nitrogens with two attached hydrogens (primary N) is 1. The highest BCUT2D eigenvalue weighted by atomic mass is 16.3. The van der Waals surface area contributed by atoms with Crippen molar-refractivity contribution >= 4 is 11.6 Å². The first-order chi connectivity index (χ1) is 8.47. The number of phenols is 1. The highest BCUT2D eigenvalue weighted by molar-refractivity contribution is 5.99. The van der Waals surface area contributed by atoms with Gasteiger partial charge in [0.15, 0.2) is 0 Å². The predicted molar refractivity (Wildman–Crippen MR) is 70.4 cm³/mol. The summed E-state index contributed by atoms with van der Waals surface area (Å²) in [6, 6.07) is 4.32. The molecular formula is C13H20N2O3. The molecule has 4 N–H and O–H groups in total. The van der Waals surface area contributed by atoms with Crippen LogP contribution in [-0.4, -0.2) is 40.2 Å². The van der Waals surface area contributed by atoms with E-state index in [-0.39, 0.29) is 24.3 Å². The fourth-order valence-electron chi connectivity index (χ4n) is 1.72. The number of amides is 1. The molecule has 5 nitrogen and oxygen atoms in total. The first-order valence-electron chi connectivity index (χ1n) is 5.97. The number of nitrogen functional groups attached to an aromatic ring is 1. The molecule has 0 heterocycles. The van der Waals surface area contributed by atoms with Crippen molar-refractivity contribution in [2.75, 3.05) is 18.9 Å². The van der Waals surface area contributed by atoms with Crippen molar-refractivity contribution in [1.82, 2.24) is 4.90 Å². The number of benzene rings is 1. The van der Waals surface area contributed by atoms with Crippen LogP contribution in [0.3, 0.4) is 0 Å². The van der Waals surface area contributed by atoms with Gasteiger partial charge in [0.05, 0.1) is 5.56 Å². The summed E-state index contributed by atoms with van der Waals surface area (Å²) in [5, 5.41) is 18.3. The van der Waals surface area contributed by atoms with Gasteiger partial charge in [0, 0.05) is 24.9 Å². The molecule has 5 heteroatoms. The number of nitrogens with zero attached hydrogens (tertiary/aromatic N) is 1. The molecule has 0 bridgehead atoms. The fraction of sp³-hybridized carbons (Fsp3) is 0.462. The van der Waals surface area contributed by atoms with E-state index in [1.807, 2.05) is 13.8 Å².